The molecule has 3 aliphatic heterocycles. The number of fused-ring (bicyclic) bond motifs is 2. The van der Waals surface area contributed by atoms with Gasteiger partial charge in [-0.3, -0.25) is 0 Å². The maximum Gasteiger partial charge on any atom is 0.410 e. The summed E-state index contributed by atoms with van der Waals surface area (Å²) in [5.41, 5.74) is 6.35. The third-order valence-corrected chi connectivity index (χ3v) is 13.7. The average Bonchev–Trinajstić information content (AvgIpc) is 3.91. The number of methoxy groups -OCH3 is 1. The van der Waals surface area contributed by atoms with Gasteiger partial charge in [-0.05, 0) is 130 Å². The molecule has 14 heteroatoms. The highest BCUT2D eigenvalue weighted by atomic mass is 127. The Balaban J connectivity index is 1.19. The molecule has 0 N–H and O–H groups in total. The van der Waals surface area contributed by atoms with Crippen molar-refractivity contribution in [2.24, 2.45) is 5.41 Å². The number of aromatic nitrogens is 4. The van der Waals surface area contributed by atoms with Crippen LogP contribution in [0.3, 0.4) is 0 Å². The molecule has 4 aromatic rings. The van der Waals surface area contributed by atoms with Crippen molar-refractivity contribution in [2.45, 2.75) is 90.8 Å². The zero-order valence-corrected chi connectivity index (χ0v) is 36.3. The highest BCUT2D eigenvalue weighted by Crippen LogP contribution is 2.53. The van der Waals surface area contributed by atoms with Gasteiger partial charge < -0.3 is 33.6 Å². The molecule has 3 saturated heterocycles. The topological polar surface area (TPSA) is 107 Å². The first-order valence-corrected chi connectivity index (χ1v) is 24.0. The van der Waals surface area contributed by atoms with Gasteiger partial charge in [0, 0.05) is 74.7 Å². The van der Waals surface area contributed by atoms with Gasteiger partial charge in [0.1, 0.15) is 23.0 Å². The minimum atomic E-state index is -0.500. The first-order valence-electron chi connectivity index (χ1n) is 20.0. The molecule has 0 radical (unpaired) electrons. The molecule has 5 heterocycles. The molecule has 12 nitrogen and oxygen atoms in total. The Morgan fingerprint density at radius 3 is 2.42 bits per heavy atom. The fraction of sp³-hybridized carbons (Fsp3) is 0.610. The second-order valence-electron chi connectivity index (χ2n) is 16.9. The van der Waals surface area contributed by atoms with Gasteiger partial charge in [-0.2, -0.15) is 15.1 Å². The molecule has 1 amide bonds. The molecule has 1 saturated carbocycles. The van der Waals surface area contributed by atoms with Crippen LogP contribution in [0.15, 0.2) is 24.4 Å². The number of hydrogen-bond acceptors (Lipinski definition) is 10. The number of hydrogen-bond donors (Lipinski definition) is 0. The van der Waals surface area contributed by atoms with Crippen LogP contribution in [-0.4, -0.2) is 113 Å². The maximum atomic E-state index is 12.8. The lowest BCUT2D eigenvalue weighted by Crippen LogP contribution is -2.62. The number of nitrogens with zero attached hydrogens (tertiary/aromatic N) is 7. The number of carbonyl (C=O) groups is 1. The Kier molecular flexibility index (Phi) is 11.1. The Labute approximate surface area is 339 Å². The van der Waals surface area contributed by atoms with Crippen LogP contribution in [0.25, 0.3) is 32.9 Å². The number of benzene rings is 2. The molecule has 1 spiro atoms. The second kappa shape index (κ2) is 15.7. The molecular weight excluding hydrogens is 828 g/mol. The van der Waals surface area contributed by atoms with Crippen molar-refractivity contribution >= 4 is 62.1 Å². The van der Waals surface area contributed by atoms with Crippen molar-refractivity contribution in [2.75, 3.05) is 71.0 Å². The Bertz CT molecular complexity index is 2040. The second-order valence-corrected chi connectivity index (χ2v) is 18.9. The molecule has 1 aliphatic carbocycles. The average molecular weight is 884 g/mol. The smallest absolute Gasteiger partial charge is 0.410 e. The van der Waals surface area contributed by atoms with Crippen LogP contribution < -0.4 is 14.4 Å². The summed E-state index contributed by atoms with van der Waals surface area (Å²) in [6.45, 7) is 17.3. The van der Waals surface area contributed by atoms with Crippen LogP contribution in [-0.2, 0) is 9.47 Å². The number of amides is 1. The Morgan fingerprint density at radius 1 is 1.02 bits per heavy atom. The number of likely N-dealkylation sites (tertiary alicyclic amines) is 2. The molecule has 1 atom stereocenters. The number of anilines is 1. The predicted octanol–water partition coefficient (Wildman–Crippen LogP) is 8.35. The third kappa shape index (κ3) is 7.96. The number of aryl methyl sites for hydroxylation is 1. The van der Waals surface area contributed by atoms with Gasteiger partial charge in [0.15, 0.2) is 5.75 Å². The van der Waals surface area contributed by atoms with Crippen LogP contribution in [0.5, 0.6) is 11.8 Å². The Hall–Kier alpha value is -3.00. The van der Waals surface area contributed by atoms with Crippen LogP contribution >= 0.6 is 28.4 Å². The van der Waals surface area contributed by atoms with Crippen LogP contribution in [0, 0.1) is 12.3 Å². The standard InChI is InChI=1S/C41H55IN7O5P/c1-7-52-36-34(33-26(2)8-11-32-31(33)23-43-49(32)55-42)29(27-9-10-27)22-30-35(36)44-38(53-28-12-16-46(17-13-28)20-21-51-6)45-37(30)47-18-14-41(15-19-47)24-48(25-41)39(50)54-40(3,4)5/h8,11,22-23,27-28,55H,7,9-10,12-21,24-25H2,1-6H3. The van der Waals surface area contributed by atoms with E-state index < -0.39 is 5.60 Å². The predicted molar refractivity (Wildman–Crippen MR) is 228 cm³/mol. The van der Waals surface area contributed by atoms with Crippen molar-refractivity contribution < 1.29 is 23.7 Å². The molecule has 2 aromatic carbocycles. The summed E-state index contributed by atoms with van der Waals surface area (Å²) in [5, 5.41) is 6.95. The van der Waals surface area contributed by atoms with Gasteiger partial charge in [-0.1, -0.05) is 6.07 Å². The summed E-state index contributed by atoms with van der Waals surface area (Å²) in [6.07, 6.45) is 8.40. The lowest BCUT2D eigenvalue weighted by Gasteiger charge is -2.53. The van der Waals surface area contributed by atoms with Crippen molar-refractivity contribution in [3.63, 3.8) is 0 Å². The zero-order chi connectivity index (χ0) is 38.5. The van der Waals surface area contributed by atoms with E-state index in [0.29, 0.717) is 24.9 Å². The van der Waals surface area contributed by atoms with Crippen molar-refractivity contribution in [1.82, 2.24) is 29.3 Å². The van der Waals surface area contributed by atoms with Gasteiger partial charge in [0.25, 0.3) is 0 Å². The van der Waals surface area contributed by atoms with Gasteiger partial charge in [0.05, 0.1) is 31.3 Å². The lowest BCUT2D eigenvalue weighted by molar-refractivity contribution is -0.0434. The first kappa shape index (κ1) is 38.9. The molecular formula is C41H55IN7O5P. The number of ether oxygens (including phenoxy) is 4. The summed E-state index contributed by atoms with van der Waals surface area (Å²) < 4.78 is 26.6. The van der Waals surface area contributed by atoms with Gasteiger partial charge in [-0.15, -0.1) is 0 Å². The fourth-order valence-corrected chi connectivity index (χ4v) is 10.3. The van der Waals surface area contributed by atoms with Crippen LogP contribution in [0.2, 0.25) is 0 Å². The summed E-state index contributed by atoms with van der Waals surface area (Å²) in [7, 11) is 1.76. The van der Waals surface area contributed by atoms with Crippen LogP contribution in [0.4, 0.5) is 10.6 Å². The molecule has 4 aliphatic rings. The molecule has 2 aromatic heterocycles. The van der Waals surface area contributed by atoms with Crippen molar-refractivity contribution in [3.8, 4) is 22.9 Å². The normalized spacial score (nSPS) is 19.5. The van der Waals surface area contributed by atoms with E-state index in [1.807, 2.05) is 31.9 Å². The van der Waals surface area contributed by atoms with E-state index in [9.17, 15) is 4.79 Å². The highest BCUT2D eigenvalue weighted by Gasteiger charge is 2.48. The third-order valence-electron chi connectivity index (χ3n) is 11.8. The molecule has 0 bridgehead atoms. The molecule has 1 unspecified atom stereocenters. The van der Waals surface area contributed by atoms with E-state index in [0.717, 1.165) is 130 Å². The number of piperidine rings is 2. The number of rotatable bonds is 11. The molecule has 8 rings (SSSR count). The summed E-state index contributed by atoms with van der Waals surface area (Å²) >= 11 is 2.40. The Morgan fingerprint density at radius 2 is 1.76 bits per heavy atom. The lowest BCUT2D eigenvalue weighted by atomic mass is 9.72. The number of halogens is 1. The van der Waals surface area contributed by atoms with E-state index in [2.05, 4.69) is 68.3 Å². The van der Waals surface area contributed by atoms with Crippen LogP contribution in [0.1, 0.15) is 83.3 Å². The largest absolute Gasteiger partial charge is 0.491 e. The van der Waals surface area contributed by atoms with Crippen molar-refractivity contribution in [3.05, 3.63) is 35.5 Å². The summed E-state index contributed by atoms with van der Waals surface area (Å²) in [4.78, 5) is 30.1. The van der Waals surface area contributed by atoms with E-state index in [1.165, 1.54) is 16.7 Å². The van der Waals surface area contributed by atoms with Gasteiger partial charge >= 0.3 is 12.1 Å². The van der Waals surface area contributed by atoms with Crippen molar-refractivity contribution in [1.29, 1.82) is 0 Å². The minimum absolute atomic E-state index is 0.0271. The summed E-state index contributed by atoms with van der Waals surface area (Å²) in [6, 6.07) is 7.20. The quantitative estimate of drug-likeness (QED) is 0.108. The van der Waals surface area contributed by atoms with E-state index >= 15 is 0 Å². The van der Waals surface area contributed by atoms with E-state index in [-0.39, 0.29) is 17.6 Å². The van der Waals surface area contributed by atoms with E-state index in [4.69, 9.17) is 34.0 Å². The highest BCUT2D eigenvalue weighted by molar-refractivity contribution is 14.2. The van der Waals surface area contributed by atoms with Gasteiger partial charge in [0.2, 0.25) is 0 Å². The minimum Gasteiger partial charge on any atom is -0.491 e. The molecule has 4 fully saturated rings. The first-order chi connectivity index (χ1) is 26.5. The summed E-state index contributed by atoms with van der Waals surface area (Å²) in [5.74, 6) is 2.17. The maximum absolute atomic E-state index is 12.8. The SMILES string of the molecule is CCOc1c(-c2c(C)ccc3c2cnn3PI)c(C2CC2)cc2c(N3CCC4(CC3)CN(C(=O)OC(C)(C)C)C4)nc(OC3CCN(CCOC)CC3)nc12. The zero-order valence-electron chi connectivity index (χ0n) is 33.1. The number of carbonyl (C=O) groups excluding carboxylic acids is 1. The fourth-order valence-electron chi connectivity index (χ4n) is 8.73. The van der Waals surface area contributed by atoms with Gasteiger partial charge in [-0.25, -0.2) is 9.25 Å². The van der Waals surface area contributed by atoms with E-state index in [1.54, 1.807) is 7.11 Å². The monoisotopic (exact) mass is 883 g/mol. The molecule has 296 valence electrons. The molecule has 55 heavy (non-hydrogen) atoms.